The number of nitro benzene ring substituents is 1. The Morgan fingerprint density at radius 3 is 2.47 bits per heavy atom. The maximum absolute atomic E-state index is 12.8. The molecule has 2 N–H and O–H groups in total. The van der Waals surface area contributed by atoms with Gasteiger partial charge in [-0.15, -0.1) is 17.5 Å². The fourth-order valence-electron chi connectivity index (χ4n) is 3.70. The van der Waals surface area contributed by atoms with E-state index in [2.05, 4.69) is 20.7 Å². The quantitative estimate of drug-likeness (QED) is 0.228. The Hall–Kier alpha value is -3.92. The number of aromatic nitrogens is 3. The number of amides is 1. The molecule has 4 aromatic rings. The van der Waals surface area contributed by atoms with E-state index >= 15 is 0 Å². The minimum Gasteiger partial charge on any atom is -0.324 e. The van der Waals surface area contributed by atoms with Gasteiger partial charge in [0.1, 0.15) is 11.1 Å². The van der Waals surface area contributed by atoms with Crippen molar-refractivity contribution in [2.24, 2.45) is 0 Å². The SMILES string of the molecule is Cl.O=C(Nc1nc2n(n1)C(c1ccccc1)C=C(c1ccc(Cl)cc1)N2)c1ccc(Cl)c([N+](=O)[O-])c1. The fourth-order valence-corrected chi connectivity index (χ4v) is 4.01. The Bertz CT molecular complexity index is 1470. The van der Waals surface area contributed by atoms with Gasteiger partial charge >= 0.3 is 0 Å². The number of nitrogens with zero attached hydrogens (tertiary/aromatic N) is 4. The van der Waals surface area contributed by atoms with Crippen molar-refractivity contribution in [3.8, 4) is 0 Å². The molecule has 0 saturated carbocycles. The number of carbonyl (C=O) groups excluding carboxylic acids is 1. The van der Waals surface area contributed by atoms with Gasteiger partial charge in [-0.1, -0.05) is 65.7 Å². The normalized spacial score (nSPS) is 14.1. The lowest BCUT2D eigenvalue weighted by Gasteiger charge is -2.24. The molecule has 1 aliphatic rings. The molecule has 5 rings (SSSR count). The van der Waals surface area contributed by atoms with E-state index in [1.54, 1.807) is 16.8 Å². The number of halogens is 3. The van der Waals surface area contributed by atoms with Gasteiger partial charge in [-0.05, 0) is 41.5 Å². The Morgan fingerprint density at radius 1 is 1.06 bits per heavy atom. The monoisotopic (exact) mass is 542 g/mol. The first-order chi connectivity index (χ1) is 16.9. The summed E-state index contributed by atoms with van der Waals surface area (Å²) in [7, 11) is 0. The predicted molar refractivity (Wildman–Crippen MR) is 141 cm³/mol. The summed E-state index contributed by atoms with van der Waals surface area (Å²) in [6, 6.07) is 20.6. The average Bonchev–Trinajstić information content (AvgIpc) is 3.26. The van der Waals surface area contributed by atoms with Crippen LogP contribution < -0.4 is 10.6 Å². The number of allylic oxidation sites excluding steroid dienone is 1. The van der Waals surface area contributed by atoms with Gasteiger partial charge in [-0.25, -0.2) is 4.68 Å². The fraction of sp³-hybridized carbons (Fsp3) is 0.0417. The molecule has 1 aliphatic heterocycles. The molecule has 1 atom stereocenters. The third kappa shape index (κ3) is 5.03. The van der Waals surface area contributed by atoms with Crippen molar-refractivity contribution >= 4 is 64.8 Å². The van der Waals surface area contributed by atoms with Crippen LogP contribution in [0, 0.1) is 10.1 Å². The van der Waals surface area contributed by atoms with Crippen LogP contribution in [0.4, 0.5) is 17.6 Å². The van der Waals surface area contributed by atoms with E-state index in [4.69, 9.17) is 23.2 Å². The molecule has 0 aliphatic carbocycles. The van der Waals surface area contributed by atoms with Gasteiger partial charge in [0.15, 0.2) is 0 Å². The van der Waals surface area contributed by atoms with Crippen molar-refractivity contribution in [1.29, 1.82) is 0 Å². The summed E-state index contributed by atoms with van der Waals surface area (Å²) in [5.74, 6) is -0.139. The van der Waals surface area contributed by atoms with E-state index in [1.807, 2.05) is 48.5 Å². The third-order valence-corrected chi connectivity index (χ3v) is 5.96. The molecule has 12 heteroatoms. The highest BCUT2D eigenvalue weighted by molar-refractivity contribution is 6.32. The highest BCUT2D eigenvalue weighted by Crippen LogP contribution is 2.33. The Labute approximate surface area is 221 Å². The first-order valence-electron chi connectivity index (χ1n) is 10.4. The molecule has 1 aromatic heterocycles. The Morgan fingerprint density at radius 2 is 1.78 bits per heavy atom. The van der Waals surface area contributed by atoms with E-state index < -0.39 is 10.8 Å². The number of nitrogens with one attached hydrogen (secondary N) is 2. The number of anilines is 2. The lowest BCUT2D eigenvalue weighted by atomic mass is 10.0. The molecule has 9 nitrogen and oxygen atoms in total. The average molecular weight is 544 g/mol. The maximum atomic E-state index is 12.8. The van der Waals surface area contributed by atoms with Gasteiger partial charge < -0.3 is 5.32 Å². The summed E-state index contributed by atoms with van der Waals surface area (Å²) in [6.45, 7) is 0. The Balaban J connectivity index is 0.00000304. The molecule has 0 fully saturated rings. The smallest absolute Gasteiger partial charge is 0.288 e. The second kappa shape index (κ2) is 10.4. The lowest BCUT2D eigenvalue weighted by Crippen LogP contribution is -2.20. The van der Waals surface area contributed by atoms with Crippen LogP contribution in [0.25, 0.3) is 5.70 Å². The molecule has 36 heavy (non-hydrogen) atoms. The zero-order chi connectivity index (χ0) is 24.5. The molecule has 3 aromatic carbocycles. The summed E-state index contributed by atoms with van der Waals surface area (Å²) in [4.78, 5) is 27.7. The van der Waals surface area contributed by atoms with Crippen LogP contribution in [0.5, 0.6) is 0 Å². The number of nitro groups is 1. The number of rotatable bonds is 5. The van der Waals surface area contributed by atoms with Crippen molar-refractivity contribution in [2.45, 2.75) is 6.04 Å². The predicted octanol–water partition coefficient (Wildman–Crippen LogP) is 6.22. The van der Waals surface area contributed by atoms with Crippen LogP contribution in [-0.2, 0) is 0 Å². The van der Waals surface area contributed by atoms with Crippen LogP contribution in [0.15, 0.2) is 78.9 Å². The van der Waals surface area contributed by atoms with E-state index in [9.17, 15) is 14.9 Å². The highest BCUT2D eigenvalue weighted by Gasteiger charge is 2.26. The molecular weight excluding hydrogens is 527 g/mol. The maximum Gasteiger partial charge on any atom is 0.288 e. The molecule has 0 bridgehead atoms. The highest BCUT2D eigenvalue weighted by atomic mass is 35.5. The number of hydrogen-bond donors (Lipinski definition) is 2. The summed E-state index contributed by atoms with van der Waals surface area (Å²) in [5, 5.41) is 22.1. The van der Waals surface area contributed by atoms with Crippen LogP contribution in [0.1, 0.15) is 27.5 Å². The molecule has 1 amide bonds. The lowest BCUT2D eigenvalue weighted by molar-refractivity contribution is -0.384. The van der Waals surface area contributed by atoms with Crippen LogP contribution in [0.3, 0.4) is 0 Å². The minimum absolute atomic E-state index is 0. The van der Waals surface area contributed by atoms with Crippen LogP contribution >= 0.6 is 35.6 Å². The zero-order valence-corrected chi connectivity index (χ0v) is 20.6. The molecule has 0 saturated heterocycles. The zero-order valence-electron chi connectivity index (χ0n) is 18.3. The van der Waals surface area contributed by atoms with Crippen molar-refractivity contribution < 1.29 is 9.72 Å². The molecule has 1 unspecified atom stereocenters. The van der Waals surface area contributed by atoms with Gasteiger partial charge in [0.25, 0.3) is 17.5 Å². The van der Waals surface area contributed by atoms with E-state index in [1.165, 1.54) is 12.1 Å². The van der Waals surface area contributed by atoms with Crippen LogP contribution in [-0.4, -0.2) is 25.6 Å². The number of carbonyl (C=O) groups is 1. The first-order valence-corrected chi connectivity index (χ1v) is 11.2. The molecular formula is C24H17Cl3N6O3. The first kappa shape index (κ1) is 25.2. The van der Waals surface area contributed by atoms with Gasteiger partial charge in [-0.2, -0.15) is 4.98 Å². The Kier molecular flexibility index (Phi) is 7.25. The van der Waals surface area contributed by atoms with Crippen molar-refractivity contribution in [1.82, 2.24) is 14.8 Å². The van der Waals surface area contributed by atoms with Crippen molar-refractivity contribution in [2.75, 3.05) is 10.6 Å². The third-order valence-electron chi connectivity index (χ3n) is 5.39. The largest absolute Gasteiger partial charge is 0.324 e. The summed E-state index contributed by atoms with van der Waals surface area (Å²) >= 11 is 11.9. The van der Waals surface area contributed by atoms with E-state index in [-0.39, 0.29) is 40.7 Å². The van der Waals surface area contributed by atoms with Gasteiger partial charge in [0, 0.05) is 22.3 Å². The summed E-state index contributed by atoms with van der Waals surface area (Å²) in [6.07, 6.45) is 2.01. The molecule has 182 valence electrons. The van der Waals surface area contributed by atoms with E-state index in [0.717, 1.165) is 22.9 Å². The number of fused-ring (bicyclic) bond motifs is 1. The van der Waals surface area contributed by atoms with Gasteiger partial charge in [0.05, 0.1) is 4.92 Å². The number of hydrogen-bond acceptors (Lipinski definition) is 6. The van der Waals surface area contributed by atoms with Crippen molar-refractivity contribution in [3.05, 3.63) is 116 Å². The molecule has 0 radical (unpaired) electrons. The molecule has 2 heterocycles. The minimum atomic E-state index is -0.648. The number of benzene rings is 3. The van der Waals surface area contributed by atoms with Crippen molar-refractivity contribution in [3.63, 3.8) is 0 Å². The second-order valence-corrected chi connectivity index (χ2v) is 8.49. The van der Waals surface area contributed by atoms with E-state index in [0.29, 0.717) is 11.0 Å². The van der Waals surface area contributed by atoms with Gasteiger partial charge in [0.2, 0.25) is 5.95 Å². The summed E-state index contributed by atoms with van der Waals surface area (Å²) < 4.78 is 1.66. The molecule has 0 spiro atoms. The standard InChI is InChI=1S/C24H16Cl2N6O3.ClH/c25-17-9-6-14(7-10-17)19-13-20(15-4-2-1-3-5-15)31-24(27-19)29-23(30-31)28-22(33)16-8-11-18(26)21(12-16)32(34)35;/h1-13,20H,(H2,27,28,29,30,33);1H. The second-order valence-electron chi connectivity index (χ2n) is 7.65. The summed E-state index contributed by atoms with van der Waals surface area (Å²) in [5.41, 5.74) is 2.38. The topological polar surface area (TPSA) is 115 Å². The van der Waals surface area contributed by atoms with Crippen LogP contribution in [0.2, 0.25) is 10.0 Å². The van der Waals surface area contributed by atoms with Gasteiger partial charge in [-0.3, -0.25) is 20.2 Å².